The Hall–Kier alpha value is -2.36. The van der Waals surface area contributed by atoms with Crippen LogP contribution in [0.25, 0.3) is 0 Å². The smallest absolute Gasteiger partial charge is 0.143 e. The van der Waals surface area contributed by atoms with Crippen LogP contribution in [0.3, 0.4) is 0 Å². The summed E-state index contributed by atoms with van der Waals surface area (Å²) in [6.07, 6.45) is 0.943. The van der Waals surface area contributed by atoms with E-state index in [9.17, 15) is 0 Å². The summed E-state index contributed by atoms with van der Waals surface area (Å²) < 4.78 is 11.9. The van der Waals surface area contributed by atoms with Crippen molar-refractivity contribution >= 4 is 11.4 Å². The Balaban J connectivity index is 1.60. The fourth-order valence-corrected chi connectivity index (χ4v) is 3.02. The molecule has 0 spiro atoms. The quantitative estimate of drug-likeness (QED) is 0.666. The number of hydrogen-bond acceptors (Lipinski definition) is 4. The lowest BCUT2D eigenvalue weighted by Crippen LogP contribution is -2.47. The fraction of sp³-hybridized carbons (Fsp3) is 0.400. The molecule has 4 nitrogen and oxygen atoms in total. The minimum Gasteiger partial charge on any atom is -0.494 e. The lowest BCUT2D eigenvalue weighted by molar-refractivity contribution is 0.104. The maximum absolute atomic E-state index is 6.06. The van der Waals surface area contributed by atoms with Gasteiger partial charge in [0.2, 0.25) is 0 Å². The molecule has 3 rings (SSSR count). The maximum atomic E-state index is 6.06. The molecule has 0 saturated carbocycles. The topological polar surface area (TPSA) is 47.7 Å². The molecule has 1 heterocycles. The zero-order valence-electron chi connectivity index (χ0n) is 14.7. The number of ether oxygens (including phenoxy) is 2. The van der Waals surface area contributed by atoms with Crippen molar-refractivity contribution in [2.45, 2.75) is 32.8 Å². The molecule has 0 aromatic heterocycles. The first-order valence-electron chi connectivity index (χ1n) is 8.46. The highest BCUT2D eigenvalue weighted by Gasteiger charge is 2.31. The van der Waals surface area contributed by atoms with Gasteiger partial charge in [-0.2, -0.15) is 0 Å². The molecule has 128 valence electrons. The average Bonchev–Trinajstić information content (AvgIpc) is 2.53. The number of aryl methyl sites for hydroxylation is 1. The van der Waals surface area contributed by atoms with Gasteiger partial charge in [0.1, 0.15) is 17.1 Å². The average molecular weight is 326 g/mol. The molecule has 0 radical (unpaired) electrons. The lowest BCUT2D eigenvalue weighted by Gasteiger charge is -2.41. The standard InChI is InChI=1S/C20H26N2O2/c1-15-5-8-17(9-6-15)23-12-4-11-22-14-20(2,3)24-19-10-7-16(21)13-18(19)22/h5-10,13H,4,11-12,14,21H2,1-3H3. The summed E-state index contributed by atoms with van der Waals surface area (Å²) in [5.74, 6) is 1.83. The Labute approximate surface area is 144 Å². The Kier molecular flexibility index (Phi) is 4.56. The van der Waals surface area contributed by atoms with Gasteiger partial charge in [0, 0.05) is 12.2 Å². The highest BCUT2D eigenvalue weighted by molar-refractivity contribution is 5.66. The first-order valence-corrected chi connectivity index (χ1v) is 8.46. The number of rotatable bonds is 5. The van der Waals surface area contributed by atoms with E-state index in [-0.39, 0.29) is 5.60 Å². The lowest BCUT2D eigenvalue weighted by atomic mass is 10.0. The van der Waals surface area contributed by atoms with Crippen LogP contribution in [-0.4, -0.2) is 25.3 Å². The van der Waals surface area contributed by atoms with Crippen molar-refractivity contribution in [1.82, 2.24) is 0 Å². The van der Waals surface area contributed by atoms with Crippen molar-refractivity contribution in [1.29, 1.82) is 0 Å². The molecular weight excluding hydrogens is 300 g/mol. The molecule has 0 unspecified atom stereocenters. The molecule has 0 aliphatic carbocycles. The van der Waals surface area contributed by atoms with E-state index in [0.717, 1.165) is 42.4 Å². The van der Waals surface area contributed by atoms with Gasteiger partial charge in [-0.25, -0.2) is 0 Å². The minimum absolute atomic E-state index is 0.207. The van der Waals surface area contributed by atoms with E-state index in [0.29, 0.717) is 6.61 Å². The van der Waals surface area contributed by atoms with Crippen LogP contribution in [0.5, 0.6) is 11.5 Å². The van der Waals surface area contributed by atoms with Gasteiger partial charge in [0.15, 0.2) is 0 Å². The van der Waals surface area contributed by atoms with Crippen LogP contribution >= 0.6 is 0 Å². The second-order valence-electron chi connectivity index (χ2n) is 7.03. The highest BCUT2D eigenvalue weighted by Crippen LogP contribution is 2.38. The Bertz CT molecular complexity index is 695. The number of nitrogens with zero attached hydrogens (tertiary/aromatic N) is 1. The number of fused-ring (bicyclic) bond motifs is 1. The summed E-state index contributed by atoms with van der Waals surface area (Å²) in [7, 11) is 0. The van der Waals surface area contributed by atoms with Crippen molar-refractivity contribution in [2.24, 2.45) is 0 Å². The van der Waals surface area contributed by atoms with Gasteiger partial charge in [-0.3, -0.25) is 0 Å². The summed E-state index contributed by atoms with van der Waals surface area (Å²) in [4.78, 5) is 2.34. The summed E-state index contributed by atoms with van der Waals surface area (Å²) in [6, 6.07) is 14.0. The van der Waals surface area contributed by atoms with Gasteiger partial charge in [0.05, 0.1) is 18.8 Å². The van der Waals surface area contributed by atoms with Crippen LogP contribution in [-0.2, 0) is 0 Å². The first-order chi connectivity index (χ1) is 11.4. The molecule has 2 N–H and O–H groups in total. The molecule has 4 heteroatoms. The summed E-state index contributed by atoms with van der Waals surface area (Å²) in [6.45, 7) is 8.75. The SMILES string of the molecule is Cc1ccc(OCCCN2CC(C)(C)Oc3ccc(N)cc32)cc1. The first kappa shape index (κ1) is 16.5. The largest absolute Gasteiger partial charge is 0.494 e. The molecule has 0 fully saturated rings. The van der Waals surface area contributed by atoms with Crippen LogP contribution in [0.15, 0.2) is 42.5 Å². The van der Waals surface area contributed by atoms with Gasteiger partial charge in [-0.05, 0) is 57.5 Å². The van der Waals surface area contributed by atoms with E-state index in [1.54, 1.807) is 0 Å². The van der Waals surface area contributed by atoms with Gasteiger partial charge >= 0.3 is 0 Å². The highest BCUT2D eigenvalue weighted by atomic mass is 16.5. The summed E-state index contributed by atoms with van der Waals surface area (Å²) in [5, 5.41) is 0. The molecular formula is C20H26N2O2. The van der Waals surface area contributed by atoms with E-state index in [4.69, 9.17) is 15.2 Å². The molecule has 2 aromatic rings. The molecule has 0 saturated heterocycles. The fourth-order valence-electron chi connectivity index (χ4n) is 3.02. The summed E-state index contributed by atoms with van der Waals surface area (Å²) >= 11 is 0. The van der Waals surface area contributed by atoms with Crippen molar-refractivity contribution in [2.75, 3.05) is 30.3 Å². The Morgan fingerprint density at radius 3 is 2.67 bits per heavy atom. The number of anilines is 2. The van der Waals surface area contributed by atoms with E-state index in [1.807, 2.05) is 30.3 Å². The number of hydrogen-bond donors (Lipinski definition) is 1. The van der Waals surface area contributed by atoms with Crippen molar-refractivity contribution < 1.29 is 9.47 Å². The van der Waals surface area contributed by atoms with Crippen LogP contribution in [0.1, 0.15) is 25.8 Å². The monoisotopic (exact) mass is 326 g/mol. The predicted octanol–water partition coefficient (Wildman–Crippen LogP) is 4.02. The summed E-state index contributed by atoms with van der Waals surface area (Å²) in [5.41, 5.74) is 8.82. The van der Waals surface area contributed by atoms with Gasteiger partial charge in [0.25, 0.3) is 0 Å². The second-order valence-corrected chi connectivity index (χ2v) is 7.03. The molecule has 24 heavy (non-hydrogen) atoms. The molecule has 0 atom stereocenters. The van der Waals surface area contributed by atoms with Crippen LogP contribution in [0.4, 0.5) is 11.4 Å². The van der Waals surface area contributed by atoms with Crippen molar-refractivity contribution in [3.05, 3.63) is 48.0 Å². The third kappa shape index (κ3) is 3.94. The number of nitrogens with two attached hydrogens (primary N) is 1. The molecule has 0 bridgehead atoms. The van der Waals surface area contributed by atoms with Crippen molar-refractivity contribution in [3.63, 3.8) is 0 Å². The Morgan fingerprint density at radius 1 is 1.17 bits per heavy atom. The molecule has 1 aliphatic heterocycles. The van der Waals surface area contributed by atoms with Gasteiger partial charge in [-0.1, -0.05) is 17.7 Å². The van der Waals surface area contributed by atoms with E-state index < -0.39 is 0 Å². The third-order valence-electron chi connectivity index (χ3n) is 4.14. The Morgan fingerprint density at radius 2 is 1.92 bits per heavy atom. The van der Waals surface area contributed by atoms with Crippen LogP contribution in [0.2, 0.25) is 0 Å². The number of nitrogen functional groups attached to an aromatic ring is 1. The number of benzene rings is 2. The molecule has 0 amide bonds. The molecule has 1 aliphatic rings. The van der Waals surface area contributed by atoms with Crippen LogP contribution in [0, 0.1) is 6.92 Å². The van der Waals surface area contributed by atoms with Crippen LogP contribution < -0.4 is 20.1 Å². The maximum Gasteiger partial charge on any atom is 0.143 e. The normalized spacial score (nSPS) is 15.5. The molecule has 2 aromatic carbocycles. The van der Waals surface area contributed by atoms with E-state index in [2.05, 4.69) is 37.8 Å². The van der Waals surface area contributed by atoms with Crippen molar-refractivity contribution in [3.8, 4) is 11.5 Å². The minimum atomic E-state index is -0.207. The van der Waals surface area contributed by atoms with E-state index >= 15 is 0 Å². The third-order valence-corrected chi connectivity index (χ3v) is 4.14. The van der Waals surface area contributed by atoms with E-state index in [1.165, 1.54) is 5.56 Å². The van der Waals surface area contributed by atoms with Gasteiger partial charge in [-0.15, -0.1) is 0 Å². The second kappa shape index (κ2) is 6.63. The zero-order valence-corrected chi connectivity index (χ0v) is 14.7. The van der Waals surface area contributed by atoms with Gasteiger partial charge < -0.3 is 20.1 Å². The zero-order chi connectivity index (χ0) is 17.2. The predicted molar refractivity (Wildman–Crippen MR) is 99.1 cm³/mol.